The molecule has 0 radical (unpaired) electrons. The minimum absolute atomic E-state index is 0.121. The number of hydrogen-bond donors (Lipinski definition) is 1. The topological polar surface area (TPSA) is 80.1 Å². The van der Waals surface area contributed by atoms with Crippen LogP contribution in [-0.2, 0) is 17.9 Å². The highest BCUT2D eigenvalue weighted by Crippen LogP contribution is 2.21. The number of aryl methyl sites for hydroxylation is 2. The quantitative estimate of drug-likeness (QED) is 0.655. The van der Waals surface area contributed by atoms with Crippen molar-refractivity contribution in [1.29, 1.82) is 0 Å². The molecular weight excluding hydrogens is 398 g/mol. The number of para-hydroxylation sites is 1. The number of piperidine rings is 1. The fourth-order valence-electron chi connectivity index (χ4n) is 3.79. The maximum atomic E-state index is 12.6. The molecule has 2 aromatic heterocycles. The van der Waals surface area contributed by atoms with E-state index in [1.807, 2.05) is 24.4 Å². The number of rotatable bonds is 6. The third kappa shape index (κ3) is 4.76. The molecule has 30 heavy (non-hydrogen) atoms. The molecule has 0 aliphatic carbocycles. The van der Waals surface area contributed by atoms with Crippen LogP contribution >= 0.6 is 11.3 Å². The molecule has 8 heteroatoms. The Morgan fingerprint density at radius 3 is 2.90 bits per heavy atom. The SMILES string of the molecule is Cc1cccc2c(=O)n(CCC(=O)Nc3nc(CN4CCC(C)CC4)cs3)cnc12. The van der Waals surface area contributed by atoms with Gasteiger partial charge in [-0.05, 0) is 50.4 Å². The van der Waals surface area contributed by atoms with Crippen LogP contribution in [0, 0.1) is 12.8 Å². The zero-order valence-electron chi connectivity index (χ0n) is 17.4. The summed E-state index contributed by atoms with van der Waals surface area (Å²) in [6.45, 7) is 7.56. The van der Waals surface area contributed by atoms with Gasteiger partial charge < -0.3 is 5.32 Å². The fraction of sp³-hybridized carbons (Fsp3) is 0.455. The van der Waals surface area contributed by atoms with Crippen LogP contribution in [-0.4, -0.2) is 38.4 Å². The van der Waals surface area contributed by atoms with Gasteiger partial charge in [-0.2, -0.15) is 0 Å². The van der Waals surface area contributed by atoms with E-state index in [1.54, 1.807) is 6.07 Å². The first-order valence-corrected chi connectivity index (χ1v) is 11.3. The van der Waals surface area contributed by atoms with Gasteiger partial charge in [-0.1, -0.05) is 19.1 Å². The van der Waals surface area contributed by atoms with Crippen LogP contribution in [0.15, 0.2) is 34.7 Å². The third-order valence-electron chi connectivity index (χ3n) is 5.69. The van der Waals surface area contributed by atoms with Crippen molar-refractivity contribution in [3.8, 4) is 0 Å². The first kappa shape index (κ1) is 20.7. The molecule has 0 spiro atoms. The number of aromatic nitrogens is 3. The number of benzene rings is 1. The Morgan fingerprint density at radius 2 is 2.10 bits per heavy atom. The zero-order chi connectivity index (χ0) is 21.1. The van der Waals surface area contributed by atoms with Gasteiger partial charge in [0.15, 0.2) is 5.13 Å². The normalized spacial score (nSPS) is 15.5. The summed E-state index contributed by atoms with van der Waals surface area (Å²) in [5, 5.41) is 6.05. The molecule has 1 saturated heterocycles. The maximum Gasteiger partial charge on any atom is 0.261 e. The second kappa shape index (κ2) is 9.06. The van der Waals surface area contributed by atoms with Crippen LogP contribution in [0.3, 0.4) is 0 Å². The lowest BCUT2D eigenvalue weighted by Crippen LogP contribution is -2.32. The summed E-state index contributed by atoms with van der Waals surface area (Å²) in [6.07, 6.45) is 4.18. The summed E-state index contributed by atoms with van der Waals surface area (Å²) >= 11 is 1.44. The number of anilines is 1. The van der Waals surface area contributed by atoms with Crippen molar-refractivity contribution in [1.82, 2.24) is 19.4 Å². The first-order chi connectivity index (χ1) is 14.5. The average Bonchev–Trinajstić information content (AvgIpc) is 3.16. The smallest absolute Gasteiger partial charge is 0.261 e. The molecule has 1 aromatic carbocycles. The predicted octanol–water partition coefficient (Wildman–Crippen LogP) is 3.42. The van der Waals surface area contributed by atoms with Gasteiger partial charge in [0.05, 0.1) is 22.9 Å². The van der Waals surface area contributed by atoms with Crippen LogP contribution in [0.2, 0.25) is 0 Å². The third-order valence-corrected chi connectivity index (χ3v) is 6.50. The number of nitrogens with zero attached hydrogens (tertiary/aromatic N) is 4. The number of carbonyl (C=O) groups is 1. The predicted molar refractivity (Wildman–Crippen MR) is 120 cm³/mol. The highest BCUT2D eigenvalue weighted by atomic mass is 32.1. The van der Waals surface area contributed by atoms with Crippen molar-refractivity contribution < 1.29 is 4.79 Å². The summed E-state index contributed by atoms with van der Waals surface area (Å²) in [7, 11) is 0. The monoisotopic (exact) mass is 425 g/mol. The van der Waals surface area contributed by atoms with E-state index < -0.39 is 0 Å². The molecule has 0 saturated carbocycles. The minimum Gasteiger partial charge on any atom is -0.302 e. The summed E-state index contributed by atoms with van der Waals surface area (Å²) < 4.78 is 1.49. The van der Waals surface area contributed by atoms with Crippen molar-refractivity contribution in [2.24, 2.45) is 5.92 Å². The van der Waals surface area contributed by atoms with Crippen LogP contribution in [0.5, 0.6) is 0 Å². The Labute approximate surface area is 179 Å². The van der Waals surface area contributed by atoms with Gasteiger partial charge in [-0.15, -0.1) is 11.3 Å². The van der Waals surface area contributed by atoms with E-state index in [9.17, 15) is 9.59 Å². The highest BCUT2D eigenvalue weighted by Gasteiger charge is 2.17. The summed E-state index contributed by atoms with van der Waals surface area (Å²) in [5.74, 6) is 0.653. The molecule has 1 fully saturated rings. The Morgan fingerprint density at radius 1 is 1.30 bits per heavy atom. The summed E-state index contributed by atoms with van der Waals surface area (Å²) in [5.41, 5.74) is 2.55. The standard InChI is InChI=1S/C22H27N5O2S/c1-15-6-9-26(10-7-15)12-17-13-30-22(24-17)25-19(28)8-11-27-14-23-20-16(2)4-3-5-18(20)21(27)29/h3-5,13-15H,6-12H2,1-2H3,(H,24,25,28). The van der Waals surface area contributed by atoms with Crippen molar-refractivity contribution in [2.75, 3.05) is 18.4 Å². The van der Waals surface area contributed by atoms with E-state index in [1.165, 1.54) is 35.1 Å². The first-order valence-electron chi connectivity index (χ1n) is 10.4. The van der Waals surface area contributed by atoms with E-state index in [-0.39, 0.29) is 24.4 Å². The van der Waals surface area contributed by atoms with Gasteiger partial charge in [0.25, 0.3) is 5.56 Å². The molecule has 1 N–H and O–H groups in total. The number of amides is 1. The minimum atomic E-state index is -0.154. The van der Waals surface area contributed by atoms with E-state index in [0.29, 0.717) is 16.0 Å². The van der Waals surface area contributed by atoms with Crippen LogP contribution < -0.4 is 10.9 Å². The number of likely N-dealkylation sites (tertiary alicyclic amines) is 1. The number of carbonyl (C=O) groups excluding carboxylic acids is 1. The molecule has 0 atom stereocenters. The largest absolute Gasteiger partial charge is 0.302 e. The van der Waals surface area contributed by atoms with Gasteiger partial charge in [0, 0.05) is 24.9 Å². The Balaban J connectivity index is 1.32. The molecule has 1 aliphatic heterocycles. The maximum absolute atomic E-state index is 12.6. The molecule has 4 rings (SSSR count). The molecule has 158 valence electrons. The van der Waals surface area contributed by atoms with Gasteiger partial charge >= 0.3 is 0 Å². The van der Waals surface area contributed by atoms with Gasteiger partial charge in [0.2, 0.25) is 5.91 Å². The molecule has 3 aromatic rings. The highest BCUT2D eigenvalue weighted by molar-refractivity contribution is 7.13. The fourth-order valence-corrected chi connectivity index (χ4v) is 4.50. The van der Waals surface area contributed by atoms with Gasteiger partial charge in [-0.25, -0.2) is 9.97 Å². The number of fused-ring (bicyclic) bond motifs is 1. The van der Waals surface area contributed by atoms with Crippen molar-refractivity contribution in [3.05, 3.63) is 51.5 Å². The molecule has 3 heterocycles. The molecular formula is C22H27N5O2S. The van der Waals surface area contributed by atoms with E-state index in [0.717, 1.165) is 36.8 Å². The number of thiazole rings is 1. The van der Waals surface area contributed by atoms with Crippen LogP contribution in [0.4, 0.5) is 5.13 Å². The lowest BCUT2D eigenvalue weighted by atomic mass is 9.99. The van der Waals surface area contributed by atoms with Gasteiger partial charge in [-0.3, -0.25) is 19.1 Å². The molecule has 1 aliphatic rings. The van der Waals surface area contributed by atoms with Crippen molar-refractivity contribution in [3.63, 3.8) is 0 Å². The zero-order valence-corrected chi connectivity index (χ0v) is 18.2. The molecule has 7 nitrogen and oxygen atoms in total. The second-order valence-corrected chi connectivity index (χ2v) is 8.97. The molecule has 1 amide bonds. The average molecular weight is 426 g/mol. The van der Waals surface area contributed by atoms with Crippen molar-refractivity contribution in [2.45, 2.75) is 46.2 Å². The van der Waals surface area contributed by atoms with E-state index >= 15 is 0 Å². The summed E-state index contributed by atoms with van der Waals surface area (Å²) in [6, 6.07) is 5.55. The molecule has 0 bridgehead atoms. The second-order valence-electron chi connectivity index (χ2n) is 8.12. The molecule has 0 unspecified atom stereocenters. The number of nitrogens with one attached hydrogen (secondary N) is 1. The van der Waals surface area contributed by atoms with Gasteiger partial charge in [0.1, 0.15) is 0 Å². The number of hydrogen-bond acceptors (Lipinski definition) is 6. The van der Waals surface area contributed by atoms with Crippen molar-refractivity contribution >= 4 is 33.3 Å². The Hall–Kier alpha value is -2.58. The lowest BCUT2D eigenvalue weighted by molar-refractivity contribution is -0.116. The van der Waals surface area contributed by atoms with Crippen LogP contribution in [0.1, 0.15) is 37.4 Å². The van der Waals surface area contributed by atoms with E-state index in [2.05, 4.69) is 27.1 Å². The van der Waals surface area contributed by atoms with E-state index in [4.69, 9.17) is 0 Å². The van der Waals surface area contributed by atoms with Crippen LogP contribution in [0.25, 0.3) is 10.9 Å². The Bertz CT molecular complexity index is 1100. The summed E-state index contributed by atoms with van der Waals surface area (Å²) in [4.78, 5) is 36.4. The lowest BCUT2D eigenvalue weighted by Gasteiger charge is -2.29. The Kier molecular flexibility index (Phi) is 6.24.